The molecule has 0 fully saturated rings. The van der Waals surface area contributed by atoms with E-state index in [1.165, 1.54) is 6.08 Å². The van der Waals surface area contributed by atoms with Crippen LogP contribution in [0.25, 0.3) is 6.08 Å². The second-order valence-electron chi connectivity index (χ2n) is 2.87. The Kier molecular flexibility index (Phi) is 3.17. The maximum absolute atomic E-state index is 10.2. The fourth-order valence-corrected chi connectivity index (χ4v) is 0.794. The predicted molar refractivity (Wildman–Crippen MR) is 53.0 cm³/mol. The average Bonchev–Trinajstić information content (AvgIpc) is 2.15. The van der Waals surface area contributed by atoms with Crippen LogP contribution < -0.4 is 4.90 Å². The van der Waals surface area contributed by atoms with Crippen molar-refractivity contribution in [1.29, 1.82) is 0 Å². The van der Waals surface area contributed by atoms with Gasteiger partial charge in [0.2, 0.25) is 0 Å². The first-order valence-electron chi connectivity index (χ1n) is 4.00. The van der Waals surface area contributed by atoms with Crippen molar-refractivity contribution in [2.45, 2.75) is 0 Å². The van der Waals surface area contributed by atoms with Crippen molar-refractivity contribution in [3.8, 4) is 0 Å². The van der Waals surface area contributed by atoms with Gasteiger partial charge in [-0.3, -0.25) is 0 Å². The van der Waals surface area contributed by atoms with E-state index in [1.54, 1.807) is 12.4 Å². The summed E-state index contributed by atoms with van der Waals surface area (Å²) in [6, 6.07) is 0. The first kappa shape index (κ1) is 10.2. The fourth-order valence-electron chi connectivity index (χ4n) is 0.794. The Morgan fingerprint density at radius 2 is 2.00 bits per heavy atom. The van der Waals surface area contributed by atoms with Gasteiger partial charge in [0, 0.05) is 20.2 Å². The molecule has 5 heteroatoms. The number of nitrogens with zero attached hydrogens (tertiary/aromatic N) is 3. The maximum Gasteiger partial charge on any atom is 0.328 e. The Morgan fingerprint density at radius 1 is 1.43 bits per heavy atom. The highest BCUT2D eigenvalue weighted by molar-refractivity contribution is 5.84. The summed E-state index contributed by atoms with van der Waals surface area (Å²) in [5.41, 5.74) is 0.873. The number of hydrogen-bond acceptors (Lipinski definition) is 4. The molecule has 0 aliphatic rings. The molecule has 0 aliphatic carbocycles. The number of aromatic nitrogens is 2. The zero-order valence-electron chi connectivity index (χ0n) is 8.01. The molecule has 1 aromatic rings. The molecule has 0 bridgehead atoms. The molecule has 1 rings (SSSR count). The summed E-state index contributed by atoms with van der Waals surface area (Å²) >= 11 is 0. The number of carbonyl (C=O) groups is 1. The number of hydrogen-bond donors (Lipinski definition) is 1. The Hall–Kier alpha value is -1.91. The second kappa shape index (κ2) is 4.36. The van der Waals surface area contributed by atoms with E-state index in [0.29, 0.717) is 5.82 Å². The largest absolute Gasteiger partial charge is 0.478 e. The Bertz CT molecular complexity index is 344. The molecule has 1 heterocycles. The predicted octanol–water partition coefficient (Wildman–Crippen LogP) is 0.640. The van der Waals surface area contributed by atoms with Crippen LogP contribution in [-0.2, 0) is 4.79 Å². The van der Waals surface area contributed by atoms with Crippen molar-refractivity contribution in [2.75, 3.05) is 19.0 Å². The van der Waals surface area contributed by atoms with Gasteiger partial charge in [-0.05, 0) is 6.08 Å². The minimum Gasteiger partial charge on any atom is -0.478 e. The summed E-state index contributed by atoms with van der Waals surface area (Å²) in [5, 5.41) is 8.37. The third-order valence-electron chi connectivity index (χ3n) is 1.55. The van der Waals surface area contributed by atoms with Crippen molar-refractivity contribution in [1.82, 2.24) is 9.97 Å². The lowest BCUT2D eigenvalue weighted by Crippen LogP contribution is -2.09. The van der Waals surface area contributed by atoms with Gasteiger partial charge in [-0.25, -0.2) is 14.8 Å². The fraction of sp³-hybridized carbons (Fsp3) is 0.222. The van der Waals surface area contributed by atoms with Crippen LogP contribution in [0.3, 0.4) is 0 Å². The Labute approximate surface area is 81.7 Å². The normalized spacial score (nSPS) is 10.4. The lowest BCUT2D eigenvalue weighted by Gasteiger charge is -2.10. The minimum atomic E-state index is -1.01. The molecule has 0 aromatic carbocycles. The second-order valence-corrected chi connectivity index (χ2v) is 2.87. The minimum absolute atomic E-state index is 0.387. The first-order chi connectivity index (χ1) is 6.59. The van der Waals surface area contributed by atoms with E-state index in [1.807, 2.05) is 19.0 Å². The van der Waals surface area contributed by atoms with Gasteiger partial charge in [0.25, 0.3) is 0 Å². The highest BCUT2D eigenvalue weighted by Gasteiger charge is 1.96. The molecular formula is C9H11N3O2. The monoisotopic (exact) mass is 193 g/mol. The molecule has 0 unspecified atom stereocenters. The van der Waals surface area contributed by atoms with Gasteiger partial charge in [-0.1, -0.05) is 0 Å². The van der Waals surface area contributed by atoms with Crippen LogP contribution in [0.4, 0.5) is 5.69 Å². The zero-order chi connectivity index (χ0) is 10.6. The molecule has 0 saturated heterocycles. The van der Waals surface area contributed by atoms with Gasteiger partial charge in [0.15, 0.2) is 5.82 Å². The van der Waals surface area contributed by atoms with Gasteiger partial charge in [0.05, 0.1) is 18.1 Å². The number of anilines is 1. The van der Waals surface area contributed by atoms with Crippen LogP contribution in [-0.4, -0.2) is 35.1 Å². The number of carboxylic acid groups (broad SMARTS) is 1. The Balaban J connectivity index is 2.78. The van der Waals surface area contributed by atoms with Crippen LogP contribution in [0.5, 0.6) is 0 Å². The summed E-state index contributed by atoms with van der Waals surface area (Å²) in [6.45, 7) is 0. The molecule has 1 aromatic heterocycles. The summed E-state index contributed by atoms with van der Waals surface area (Å²) in [4.78, 5) is 20.0. The summed E-state index contributed by atoms with van der Waals surface area (Å²) in [7, 11) is 3.76. The Morgan fingerprint density at radius 3 is 2.43 bits per heavy atom. The number of carboxylic acids is 1. The van der Waals surface area contributed by atoms with Crippen LogP contribution in [0.1, 0.15) is 5.82 Å². The SMILES string of the molecule is CN(C)c1cnc(C=CC(=O)O)nc1. The van der Waals surface area contributed by atoms with Gasteiger partial charge in [0.1, 0.15) is 0 Å². The third kappa shape index (κ3) is 2.85. The standard InChI is InChI=1S/C9H11N3O2/c1-12(2)7-5-10-8(11-6-7)3-4-9(13)14/h3-6H,1-2H3,(H,13,14). The molecular weight excluding hydrogens is 182 g/mol. The summed E-state index contributed by atoms with van der Waals surface area (Å²) < 4.78 is 0. The summed E-state index contributed by atoms with van der Waals surface area (Å²) in [5.74, 6) is -0.622. The summed E-state index contributed by atoms with van der Waals surface area (Å²) in [6.07, 6.45) is 5.62. The van der Waals surface area contributed by atoms with Gasteiger partial charge >= 0.3 is 5.97 Å². The molecule has 74 valence electrons. The first-order valence-corrected chi connectivity index (χ1v) is 4.00. The lowest BCUT2D eigenvalue weighted by atomic mass is 10.4. The lowest BCUT2D eigenvalue weighted by molar-refractivity contribution is -0.131. The van der Waals surface area contributed by atoms with Crippen LogP contribution >= 0.6 is 0 Å². The van der Waals surface area contributed by atoms with E-state index >= 15 is 0 Å². The van der Waals surface area contributed by atoms with Gasteiger partial charge in [-0.2, -0.15) is 0 Å². The molecule has 0 atom stereocenters. The van der Waals surface area contributed by atoms with Crippen LogP contribution in [0.15, 0.2) is 18.5 Å². The molecule has 1 N–H and O–H groups in total. The van der Waals surface area contributed by atoms with E-state index in [-0.39, 0.29) is 0 Å². The van der Waals surface area contributed by atoms with E-state index in [4.69, 9.17) is 5.11 Å². The average molecular weight is 193 g/mol. The molecule has 0 spiro atoms. The highest BCUT2D eigenvalue weighted by atomic mass is 16.4. The van der Waals surface area contributed by atoms with Crippen molar-refractivity contribution in [2.24, 2.45) is 0 Å². The van der Waals surface area contributed by atoms with E-state index < -0.39 is 5.97 Å². The topological polar surface area (TPSA) is 66.3 Å². The zero-order valence-corrected chi connectivity index (χ0v) is 8.01. The van der Waals surface area contributed by atoms with E-state index in [2.05, 4.69) is 9.97 Å². The highest BCUT2D eigenvalue weighted by Crippen LogP contribution is 2.06. The van der Waals surface area contributed by atoms with Gasteiger partial charge in [-0.15, -0.1) is 0 Å². The molecule has 14 heavy (non-hydrogen) atoms. The van der Waals surface area contributed by atoms with Crippen LogP contribution in [0.2, 0.25) is 0 Å². The smallest absolute Gasteiger partial charge is 0.328 e. The third-order valence-corrected chi connectivity index (χ3v) is 1.55. The number of rotatable bonds is 3. The molecule has 0 amide bonds. The molecule has 0 aliphatic heterocycles. The van der Waals surface area contributed by atoms with E-state index in [0.717, 1.165) is 11.8 Å². The molecule has 5 nitrogen and oxygen atoms in total. The van der Waals surface area contributed by atoms with Crippen molar-refractivity contribution >= 4 is 17.7 Å². The molecule has 0 radical (unpaired) electrons. The maximum atomic E-state index is 10.2. The van der Waals surface area contributed by atoms with Gasteiger partial charge < -0.3 is 10.0 Å². The van der Waals surface area contributed by atoms with E-state index in [9.17, 15) is 4.79 Å². The van der Waals surface area contributed by atoms with Crippen molar-refractivity contribution in [3.05, 3.63) is 24.3 Å². The quantitative estimate of drug-likeness (QED) is 0.713. The van der Waals surface area contributed by atoms with Crippen molar-refractivity contribution in [3.63, 3.8) is 0 Å². The van der Waals surface area contributed by atoms with Crippen LogP contribution in [0, 0.1) is 0 Å². The number of aliphatic carboxylic acids is 1. The van der Waals surface area contributed by atoms with Crippen molar-refractivity contribution < 1.29 is 9.90 Å². The molecule has 0 saturated carbocycles.